The van der Waals surface area contributed by atoms with Crippen LogP contribution in [0.15, 0.2) is 22.7 Å². The van der Waals surface area contributed by atoms with E-state index in [0.717, 1.165) is 35.2 Å². The van der Waals surface area contributed by atoms with Crippen molar-refractivity contribution < 1.29 is 0 Å². The molecule has 2 nitrogen and oxygen atoms in total. The van der Waals surface area contributed by atoms with Gasteiger partial charge in [0.25, 0.3) is 0 Å². The number of nitrogens with one attached hydrogen (secondary N) is 1. The molecule has 1 N–H and O–H groups in total. The Labute approximate surface area is 117 Å². The van der Waals surface area contributed by atoms with E-state index in [-0.39, 0.29) is 0 Å². The Balaban J connectivity index is 2.61. The van der Waals surface area contributed by atoms with Crippen molar-refractivity contribution in [1.29, 1.82) is 0 Å². The second kappa shape index (κ2) is 5.70. The molecule has 0 atom stereocenters. The monoisotopic (exact) mass is 306 g/mol. The molecule has 0 fully saturated rings. The van der Waals surface area contributed by atoms with Crippen molar-refractivity contribution in [1.82, 2.24) is 4.98 Å². The number of rotatable bonds is 4. The summed E-state index contributed by atoms with van der Waals surface area (Å²) in [4.78, 5) is 4.80. The number of pyridine rings is 1. The smallest absolute Gasteiger partial charge is 0.129 e. The fraction of sp³-hybridized carbons (Fsp3) is 0.400. The molecule has 0 aliphatic heterocycles. The van der Waals surface area contributed by atoms with Gasteiger partial charge in [-0.3, -0.25) is 0 Å². The van der Waals surface area contributed by atoms with Gasteiger partial charge < -0.3 is 5.32 Å². The molecule has 1 aromatic heterocycles. The van der Waals surface area contributed by atoms with Gasteiger partial charge in [0, 0.05) is 16.4 Å². The van der Waals surface area contributed by atoms with Crippen molar-refractivity contribution in [2.75, 3.05) is 11.9 Å². The van der Waals surface area contributed by atoms with E-state index >= 15 is 0 Å². The molecule has 0 saturated carbocycles. The van der Waals surface area contributed by atoms with Crippen LogP contribution in [0.2, 0.25) is 0 Å². The normalized spacial score (nSPS) is 10.9. The average Bonchev–Trinajstić information content (AvgIpc) is 2.40. The van der Waals surface area contributed by atoms with Crippen molar-refractivity contribution in [3.63, 3.8) is 0 Å². The SMILES string of the molecule is CCCNc1nc2c(C)ccc(Br)c2cc1CC. The highest BCUT2D eigenvalue weighted by molar-refractivity contribution is 9.10. The zero-order chi connectivity index (χ0) is 13.1. The Morgan fingerprint density at radius 3 is 2.72 bits per heavy atom. The van der Waals surface area contributed by atoms with E-state index < -0.39 is 0 Å². The van der Waals surface area contributed by atoms with Gasteiger partial charge in [-0.05, 0) is 43.0 Å². The van der Waals surface area contributed by atoms with Gasteiger partial charge >= 0.3 is 0 Å². The lowest BCUT2D eigenvalue weighted by Gasteiger charge is -2.13. The van der Waals surface area contributed by atoms with Gasteiger partial charge in [0.15, 0.2) is 0 Å². The molecule has 2 aromatic rings. The highest BCUT2D eigenvalue weighted by Gasteiger charge is 2.09. The zero-order valence-corrected chi connectivity index (χ0v) is 12.8. The van der Waals surface area contributed by atoms with Crippen LogP contribution in [0.1, 0.15) is 31.4 Å². The van der Waals surface area contributed by atoms with Gasteiger partial charge in [-0.2, -0.15) is 0 Å². The number of fused-ring (bicyclic) bond motifs is 1. The summed E-state index contributed by atoms with van der Waals surface area (Å²) >= 11 is 3.61. The Kier molecular flexibility index (Phi) is 4.23. The summed E-state index contributed by atoms with van der Waals surface area (Å²) in [5.41, 5.74) is 3.58. The van der Waals surface area contributed by atoms with Crippen LogP contribution in [0, 0.1) is 6.92 Å². The third-order valence-corrected chi connectivity index (χ3v) is 3.83. The molecule has 0 aliphatic rings. The molecule has 3 heteroatoms. The van der Waals surface area contributed by atoms with Crippen LogP contribution < -0.4 is 5.32 Å². The molecule has 0 spiro atoms. The number of nitrogens with zero attached hydrogens (tertiary/aromatic N) is 1. The molecular weight excluding hydrogens is 288 g/mol. The molecule has 18 heavy (non-hydrogen) atoms. The fourth-order valence-corrected chi connectivity index (χ4v) is 2.50. The molecule has 0 unspecified atom stereocenters. The predicted molar refractivity (Wildman–Crippen MR) is 82.3 cm³/mol. The molecule has 0 radical (unpaired) electrons. The standard InChI is InChI=1S/C15H19BrN2/c1-4-8-17-15-11(5-2)9-12-13(16)7-6-10(3)14(12)18-15/h6-7,9H,4-5,8H2,1-3H3,(H,17,18). The number of halogens is 1. The average molecular weight is 307 g/mol. The maximum atomic E-state index is 4.80. The zero-order valence-electron chi connectivity index (χ0n) is 11.2. The quantitative estimate of drug-likeness (QED) is 0.886. The van der Waals surface area contributed by atoms with Gasteiger partial charge in [0.2, 0.25) is 0 Å². The largest absolute Gasteiger partial charge is 0.370 e. The van der Waals surface area contributed by atoms with Gasteiger partial charge in [-0.15, -0.1) is 0 Å². The first kappa shape index (κ1) is 13.3. The van der Waals surface area contributed by atoms with E-state index in [1.807, 2.05) is 0 Å². The Hall–Kier alpha value is -1.09. The lowest BCUT2D eigenvalue weighted by atomic mass is 10.1. The van der Waals surface area contributed by atoms with E-state index in [1.54, 1.807) is 0 Å². The van der Waals surface area contributed by atoms with E-state index in [4.69, 9.17) is 4.98 Å². The summed E-state index contributed by atoms with van der Waals surface area (Å²) in [6.07, 6.45) is 2.11. The van der Waals surface area contributed by atoms with Crippen LogP contribution in [0.5, 0.6) is 0 Å². The first-order chi connectivity index (χ1) is 8.67. The second-order valence-corrected chi connectivity index (χ2v) is 5.39. The first-order valence-corrected chi connectivity index (χ1v) is 7.29. The van der Waals surface area contributed by atoms with Gasteiger partial charge in [-0.1, -0.05) is 35.8 Å². The van der Waals surface area contributed by atoms with Gasteiger partial charge in [-0.25, -0.2) is 4.98 Å². The molecule has 1 heterocycles. The number of hydrogen-bond acceptors (Lipinski definition) is 2. The number of anilines is 1. The van der Waals surface area contributed by atoms with Crippen LogP contribution in [0.4, 0.5) is 5.82 Å². The van der Waals surface area contributed by atoms with Crippen molar-refractivity contribution in [3.8, 4) is 0 Å². The van der Waals surface area contributed by atoms with Crippen molar-refractivity contribution in [3.05, 3.63) is 33.8 Å². The van der Waals surface area contributed by atoms with Gasteiger partial charge in [0.1, 0.15) is 5.82 Å². The third-order valence-electron chi connectivity index (χ3n) is 3.14. The first-order valence-electron chi connectivity index (χ1n) is 6.50. The lowest BCUT2D eigenvalue weighted by molar-refractivity contribution is 0.961. The lowest BCUT2D eigenvalue weighted by Crippen LogP contribution is -2.05. The second-order valence-electron chi connectivity index (χ2n) is 4.54. The van der Waals surface area contributed by atoms with E-state index in [1.165, 1.54) is 16.5 Å². The third kappa shape index (κ3) is 2.51. The molecule has 2 rings (SSSR count). The van der Waals surface area contributed by atoms with E-state index in [9.17, 15) is 0 Å². The molecule has 0 saturated heterocycles. The van der Waals surface area contributed by atoms with Crippen molar-refractivity contribution in [2.45, 2.75) is 33.6 Å². The summed E-state index contributed by atoms with van der Waals surface area (Å²) in [6, 6.07) is 6.45. The molecule has 1 aromatic carbocycles. The fourth-order valence-electron chi connectivity index (χ4n) is 2.07. The summed E-state index contributed by atoms with van der Waals surface area (Å²) in [5.74, 6) is 1.04. The maximum absolute atomic E-state index is 4.80. The highest BCUT2D eigenvalue weighted by Crippen LogP contribution is 2.29. The minimum Gasteiger partial charge on any atom is -0.370 e. The Bertz CT molecular complexity index is 564. The summed E-state index contributed by atoms with van der Waals surface area (Å²) < 4.78 is 1.12. The summed E-state index contributed by atoms with van der Waals surface area (Å²) in [5, 5.41) is 4.63. The topological polar surface area (TPSA) is 24.9 Å². The molecule has 0 amide bonds. The number of aryl methyl sites for hydroxylation is 2. The van der Waals surface area contributed by atoms with Crippen LogP contribution in [-0.2, 0) is 6.42 Å². The van der Waals surface area contributed by atoms with Crippen LogP contribution in [-0.4, -0.2) is 11.5 Å². The minimum absolute atomic E-state index is 0.971. The minimum atomic E-state index is 0.971. The van der Waals surface area contributed by atoms with Crippen LogP contribution in [0.25, 0.3) is 10.9 Å². The molecule has 0 bridgehead atoms. The Morgan fingerprint density at radius 1 is 1.28 bits per heavy atom. The molecular formula is C15H19BrN2. The van der Waals surface area contributed by atoms with Crippen LogP contribution >= 0.6 is 15.9 Å². The van der Waals surface area contributed by atoms with Crippen molar-refractivity contribution >= 4 is 32.7 Å². The number of aromatic nitrogens is 1. The van der Waals surface area contributed by atoms with Crippen molar-refractivity contribution in [2.24, 2.45) is 0 Å². The molecule has 0 aliphatic carbocycles. The van der Waals surface area contributed by atoms with E-state index in [0.29, 0.717) is 0 Å². The number of benzene rings is 1. The molecule has 96 valence electrons. The highest BCUT2D eigenvalue weighted by atomic mass is 79.9. The maximum Gasteiger partial charge on any atom is 0.129 e. The Morgan fingerprint density at radius 2 is 2.06 bits per heavy atom. The predicted octanol–water partition coefficient (Wildman–Crippen LogP) is 4.69. The van der Waals surface area contributed by atoms with Gasteiger partial charge in [0.05, 0.1) is 5.52 Å². The number of hydrogen-bond donors (Lipinski definition) is 1. The summed E-state index contributed by atoms with van der Waals surface area (Å²) in [6.45, 7) is 7.42. The van der Waals surface area contributed by atoms with E-state index in [2.05, 4.69) is 60.2 Å². The van der Waals surface area contributed by atoms with Crippen LogP contribution in [0.3, 0.4) is 0 Å². The summed E-state index contributed by atoms with van der Waals surface area (Å²) in [7, 11) is 0.